The fourth-order valence-corrected chi connectivity index (χ4v) is 6.16. The Morgan fingerprint density at radius 1 is 0.949 bits per heavy atom. The first-order chi connectivity index (χ1) is 18.9. The molecule has 208 valence electrons. The molecule has 3 aromatic rings. The molecule has 8 heteroatoms. The Hall–Kier alpha value is -3.04. The van der Waals surface area contributed by atoms with Crippen molar-refractivity contribution in [2.75, 3.05) is 25.4 Å². The highest BCUT2D eigenvalue weighted by atomic mass is 32.2. The monoisotopic (exact) mass is 550 g/mol. The minimum atomic E-state index is -3.81. The number of rotatable bonds is 13. The van der Waals surface area contributed by atoms with Crippen LogP contribution in [0.1, 0.15) is 71.2 Å². The third kappa shape index (κ3) is 8.22. The van der Waals surface area contributed by atoms with Crippen molar-refractivity contribution >= 4 is 15.9 Å². The second-order valence-electron chi connectivity index (χ2n) is 10.2. The molecule has 7 nitrogen and oxygen atoms in total. The lowest BCUT2D eigenvalue weighted by molar-refractivity contribution is 0.0980. The first-order valence-corrected chi connectivity index (χ1v) is 15.3. The number of sulfonamides is 1. The summed E-state index contributed by atoms with van der Waals surface area (Å²) in [7, 11) is -3.81. The van der Waals surface area contributed by atoms with Crippen LogP contribution in [-0.2, 0) is 16.4 Å². The highest BCUT2D eigenvalue weighted by molar-refractivity contribution is 7.90. The highest BCUT2D eigenvalue weighted by Gasteiger charge is 2.25. The highest BCUT2D eigenvalue weighted by Crippen LogP contribution is 2.38. The largest absolute Gasteiger partial charge is 0.396 e. The summed E-state index contributed by atoms with van der Waals surface area (Å²) in [6.45, 7) is 0.999. The molecule has 1 atom stereocenters. The van der Waals surface area contributed by atoms with Crippen LogP contribution in [0.15, 0.2) is 72.8 Å². The maximum Gasteiger partial charge on any atom is 0.265 e. The molecule has 1 aliphatic carbocycles. The van der Waals surface area contributed by atoms with Crippen LogP contribution in [0.25, 0.3) is 11.1 Å². The second-order valence-corrected chi connectivity index (χ2v) is 12.0. The van der Waals surface area contributed by atoms with Crippen LogP contribution >= 0.6 is 0 Å². The van der Waals surface area contributed by atoms with Crippen molar-refractivity contribution in [3.05, 3.63) is 95.1 Å². The summed E-state index contributed by atoms with van der Waals surface area (Å²) in [5.41, 5.74) is 5.41. The van der Waals surface area contributed by atoms with Crippen LogP contribution in [0.4, 0.5) is 0 Å². The standard InChI is InChI=1S/C31H38N2O5S/c34-19-6-20-39(37,38)33-31(36)28-16-15-27(21-29(28)25-7-4-5-8-25)24-13-11-23(12-14-24)17-18-32-22-30(35)26-9-2-1-3-10-26/h1-3,9-16,21,25,30,32,34-35H,4-8,17-20,22H2,(H,33,36)/t30-/m0/s1. The lowest BCUT2D eigenvalue weighted by Crippen LogP contribution is -2.33. The van der Waals surface area contributed by atoms with E-state index in [0.717, 1.165) is 60.9 Å². The summed E-state index contributed by atoms with van der Waals surface area (Å²) in [6, 6.07) is 23.6. The molecule has 39 heavy (non-hydrogen) atoms. The maximum absolute atomic E-state index is 13.0. The number of benzene rings is 3. The van der Waals surface area contributed by atoms with Crippen molar-refractivity contribution in [2.24, 2.45) is 0 Å². The minimum absolute atomic E-state index is 0.0821. The van der Waals surface area contributed by atoms with Gasteiger partial charge in [0.05, 0.1) is 11.9 Å². The van der Waals surface area contributed by atoms with Crippen LogP contribution < -0.4 is 10.0 Å². The molecule has 0 aliphatic heterocycles. The Bertz CT molecular complexity index is 1320. The van der Waals surface area contributed by atoms with E-state index in [1.54, 1.807) is 6.07 Å². The zero-order valence-corrected chi connectivity index (χ0v) is 23.0. The molecule has 1 aliphatic rings. The number of amides is 1. The van der Waals surface area contributed by atoms with Crippen LogP contribution in [0.2, 0.25) is 0 Å². The van der Waals surface area contributed by atoms with Gasteiger partial charge in [-0.05, 0) is 72.0 Å². The summed E-state index contributed by atoms with van der Waals surface area (Å²) in [6.07, 6.45) is 4.52. The smallest absolute Gasteiger partial charge is 0.265 e. The molecule has 0 radical (unpaired) electrons. The fraction of sp³-hybridized carbons (Fsp3) is 0.387. The molecule has 1 amide bonds. The van der Waals surface area contributed by atoms with Gasteiger partial charge in [0, 0.05) is 18.7 Å². The van der Waals surface area contributed by atoms with Gasteiger partial charge in [-0.1, -0.05) is 79.6 Å². The summed E-state index contributed by atoms with van der Waals surface area (Å²) in [5, 5.41) is 22.6. The van der Waals surface area contributed by atoms with Gasteiger partial charge in [-0.15, -0.1) is 0 Å². The van der Waals surface area contributed by atoms with Gasteiger partial charge in [0.15, 0.2) is 0 Å². The molecular formula is C31H38N2O5S. The lowest BCUT2D eigenvalue weighted by Gasteiger charge is -2.17. The van der Waals surface area contributed by atoms with Crippen molar-refractivity contribution < 1.29 is 23.4 Å². The van der Waals surface area contributed by atoms with E-state index < -0.39 is 22.0 Å². The van der Waals surface area contributed by atoms with Crippen molar-refractivity contribution in [3.63, 3.8) is 0 Å². The van der Waals surface area contributed by atoms with E-state index in [0.29, 0.717) is 12.1 Å². The van der Waals surface area contributed by atoms with E-state index in [-0.39, 0.29) is 24.7 Å². The van der Waals surface area contributed by atoms with Crippen molar-refractivity contribution in [1.29, 1.82) is 0 Å². The molecular weight excluding hydrogens is 512 g/mol. The average molecular weight is 551 g/mol. The first-order valence-electron chi connectivity index (χ1n) is 13.7. The van der Waals surface area contributed by atoms with Crippen LogP contribution in [0.3, 0.4) is 0 Å². The predicted octanol–water partition coefficient (Wildman–Crippen LogP) is 4.32. The Kier molecular flexibility index (Phi) is 10.3. The average Bonchev–Trinajstić information content (AvgIpc) is 3.49. The van der Waals surface area contributed by atoms with E-state index in [4.69, 9.17) is 5.11 Å². The first kappa shape index (κ1) is 29.0. The van der Waals surface area contributed by atoms with Gasteiger partial charge >= 0.3 is 0 Å². The van der Waals surface area contributed by atoms with Gasteiger partial charge in [-0.2, -0.15) is 0 Å². The molecule has 1 fully saturated rings. The van der Waals surface area contributed by atoms with Gasteiger partial charge < -0.3 is 15.5 Å². The normalized spacial score (nSPS) is 14.8. The zero-order chi connectivity index (χ0) is 27.7. The fourth-order valence-electron chi connectivity index (χ4n) is 5.15. The third-order valence-corrected chi connectivity index (χ3v) is 8.63. The van der Waals surface area contributed by atoms with E-state index in [2.05, 4.69) is 34.3 Å². The number of hydrogen-bond acceptors (Lipinski definition) is 6. The van der Waals surface area contributed by atoms with E-state index >= 15 is 0 Å². The third-order valence-electron chi connectivity index (χ3n) is 7.31. The Morgan fingerprint density at radius 2 is 1.64 bits per heavy atom. The maximum atomic E-state index is 13.0. The van der Waals surface area contributed by atoms with Crippen LogP contribution in [0.5, 0.6) is 0 Å². The van der Waals surface area contributed by atoms with Crippen molar-refractivity contribution in [3.8, 4) is 11.1 Å². The summed E-state index contributed by atoms with van der Waals surface area (Å²) < 4.78 is 26.7. The van der Waals surface area contributed by atoms with Crippen molar-refractivity contribution in [1.82, 2.24) is 10.0 Å². The molecule has 4 N–H and O–H groups in total. The Balaban J connectivity index is 1.41. The number of aliphatic hydroxyl groups excluding tert-OH is 2. The quantitative estimate of drug-likeness (QED) is 0.236. The molecule has 0 bridgehead atoms. The topological polar surface area (TPSA) is 116 Å². The molecule has 1 saturated carbocycles. The zero-order valence-electron chi connectivity index (χ0n) is 22.2. The van der Waals surface area contributed by atoms with Gasteiger partial charge in [0.2, 0.25) is 10.0 Å². The second kappa shape index (κ2) is 13.8. The van der Waals surface area contributed by atoms with Crippen LogP contribution in [-0.4, -0.2) is 50.0 Å². The molecule has 3 aromatic carbocycles. The van der Waals surface area contributed by atoms with Gasteiger partial charge in [0.1, 0.15) is 0 Å². The number of hydrogen-bond donors (Lipinski definition) is 4. The van der Waals surface area contributed by atoms with Crippen molar-refractivity contribution in [2.45, 2.75) is 50.5 Å². The van der Waals surface area contributed by atoms with E-state index in [1.807, 2.05) is 42.5 Å². The van der Waals surface area contributed by atoms with E-state index in [9.17, 15) is 18.3 Å². The van der Waals surface area contributed by atoms with E-state index in [1.165, 1.54) is 5.56 Å². The number of carbonyl (C=O) groups excluding carboxylic acids is 1. The van der Waals surface area contributed by atoms with Gasteiger partial charge in [0.25, 0.3) is 5.91 Å². The predicted molar refractivity (Wildman–Crippen MR) is 154 cm³/mol. The molecule has 0 saturated heterocycles. The SMILES string of the molecule is O=C(NS(=O)(=O)CCCO)c1ccc(-c2ccc(CCNC[C@H](O)c3ccccc3)cc2)cc1C1CCCC1. The molecule has 0 spiro atoms. The number of carbonyl (C=O) groups is 1. The lowest BCUT2D eigenvalue weighted by atomic mass is 9.89. The van der Waals surface area contributed by atoms with Gasteiger partial charge in [-0.3, -0.25) is 4.79 Å². The minimum Gasteiger partial charge on any atom is -0.396 e. The van der Waals surface area contributed by atoms with Crippen LogP contribution in [0, 0.1) is 0 Å². The van der Waals surface area contributed by atoms with Gasteiger partial charge in [-0.25, -0.2) is 13.1 Å². The Labute approximate surface area is 231 Å². The molecule has 4 rings (SSSR count). The summed E-state index contributed by atoms with van der Waals surface area (Å²) in [5.74, 6) is -0.675. The molecule has 0 aromatic heterocycles. The molecule has 0 unspecified atom stereocenters. The Morgan fingerprint density at radius 3 is 2.33 bits per heavy atom. The molecule has 0 heterocycles. The summed E-state index contributed by atoms with van der Waals surface area (Å²) >= 11 is 0. The number of aliphatic hydroxyl groups is 2. The summed E-state index contributed by atoms with van der Waals surface area (Å²) in [4.78, 5) is 13.0. The number of nitrogens with one attached hydrogen (secondary N) is 2.